The molecule has 3 aromatic heterocycles. The van der Waals surface area contributed by atoms with Crippen LogP contribution in [0.5, 0.6) is 0 Å². The van der Waals surface area contributed by atoms with Gasteiger partial charge < -0.3 is 50.2 Å². The highest BCUT2D eigenvalue weighted by Crippen LogP contribution is 2.66. The second-order valence-electron chi connectivity index (χ2n) is 9.17. The number of H-pyrrole nitrogens is 1. The van der Waals surface area contributed by atoms with Gasteiger partial charge in [0.25, 0.3) is 0 Å². The van der Waals surface area contributed by atoms with Crippen LogP contribution >= 0.6 is 35.7 Å². The van der Waals surface area contributed by atoms with Gasteiger partial charge in [0.1, 0.15) is 35.1 Å². The molecule has 26 heteroatoms. The van der Waals surface area contributed by atoms with Crippen molar-refractivity contribution in [3.05, 3.63) is 28.4 Å². The zero-order chi connectivity index (χ0) is 32.6. The molecule has 3 unspecified atom stereocenters. The minimum atomic E-state index is -5.79. The smallest absolute Gasteiger partial charge is 0.387 e. The Morgan fingerprint density at radius 1 is 1.23 bits per heavy atom. The van der Waals surface area contributed by atoms with Crippen LogP contribution in [0.4, 0.5) is 5.95 Å². The Kier molecular flexibility index (Phi) is 10.3. The largest absolute Gasteiger partial charge is 0.490 e. The number of phosphoric ester groups is 1. The number of aromatic amines is 1. The normalized spacial score (nSPS) is 23.4. The number of carbonyl (C=O) groups is 1. The number of aryl methyl sites for hydroxylation is 2. The van der Waals surface area contributed by atoms with E-state index in [2.05, 4.69) is 38.5 Å². The van der Waals surface area contributed by atoms with Crippen LogP contribution in [0.3, 0.4) is 0 Å². The molecular formula is C18H27N8O14P3S. The molecule has 1 aliphatic heterocycles. The molecule has 6 atom stereocenters. The van der Waals surface area contributed by atoms with E-state index in [1.165, 1.54) is 10.9 Å². The average Bonchev–Trinajstić information content (AvgIpc) is 3.53. The van der Waals surface area contributed by atoms with E-state index in [1.54, 1.807) is 17.8 Å². The number of imidazole rings is 1. The van der Waals surface area contributed by atoms with Gasteiger partial charge in [0.15, 0.2) is 11.9 Å². The van der Waals surface area contributed by atoms with Crippen LogP contribution in [-0.4, -0.2) is 91.4 Å². The first-order valence-corrected chi connectivity index (χ1v) is 17.0. The summed E-state index contributed by atoms with van der Waals surface area (Å²) in [4.78, 5) is 60.0. The Morgan fingerprint density at radius 2 is 1.93 bits per heavy atom. The van der Waals surface area contributed by atoms with Gasteiger partial charge in [-0.15, -0.1) is 0 Å². The van der Waals surface area contributed by atoms with Crippen LogP contribution in [0.1, 0.15) is 17.6 Å². The fourth-order valence-corrected chi connectivity index (χ4v) is 7.27. The maximum absolute atomic E-state index is 12.5. The molecule has 22 nitrogen and oxygen atoms in total. The summed E-state index contributed by atoms with van der Waals surface area (Å²) >= 11 is 5.20. The number of aliphatic hydroxyl groups is 1. The minimum Gasteiger partial charge on any atom is -0.387 e. The van der Waals surface area contributed by atoms with Crippen molar-refractivity contribution in [2.24, 2.45) is 7.05 Å². The number of phosphoric acid groups is 3. The summed E-state index contributed by atoms with van der Waals surface area (Å²) in [5.41, 5.74) is 7.48. The molecule has 0 saturated carbocycles. The van der Waals surface area contributed by atoms with Crippen LogP contribution in [0.15, 0.2) is 12.4 Å². The molecule has 0 aliphatic carbocycles. The molecule has 4 heterocycles. The molecule has 4 rings (SSSR count). The van der Waals surface area contributed by atoms with Crippen molar-refractivity contribution < 1.29 is 65.8 Å². The number of hydrogen-bond donors (Lipinski definition) is 8. The number of rotatable bonds is 13. The second kappa shape index (κ2) is 13.1. The van der Waals surface area contributed by atoms with Crippen molar-refractivity contribution in [3.63, 3.8) is 0 Å². The highest BCUT2D eigenvalue weighted by molar-refractivity contribution is 7.71. The summed E-state index contributed by atoms with van der Waals surface area (Å²) in [6.45, 7) is 0.305. The predicted molar refractivity (Wildman–Crippen MR) is 146 cm³/mol. The average molecular weight is 704 g/mol. The number of nitrogen functional groups attached to an aromatic ring is 1. The maximum atomic E-state index is 12.5. The van der Waals surface area contributed by atoms with Gasteiger partial charge >= 0.3 is 23.5 Å². The fourth-order valence-electron chi connectivity index (χ4n) is 3.99. The van der Waals surface area contributed by atoms with Crippen LogP contribution in [-0.2, 0) is 54.7 Å². The van der Waals surface area contributed by atoms with Crippen molar-refractivity contribution in [1.82, 2.24) is 34.6 Å². The summed E-state index contributed by atoms with van der Waals surface area (Å²) < 4.78 is 61.1. The summed E-state index contributed by atoms with van der Waals surface area (Å²) in [7, 11) is -15.2. The lowest BCUT2D eigenvalue weighted by Crippen LogP contribution is -2.38. The van der Waals surface area contributed by atoms with Crippen molar-refractivity contribution in [1.29, 1.82) is 0 Å². The van der Waals surface area contributed by atoms with Crippen LogP contribution in [0.25, 0.3) is 11.2 Å². The molecule has 44 heavy (non-hydrogen) atoms. The molecule has 1 aliphatic rings. The maximum Gasteiger partial charge on any atom is 0.490 e. The van der Waals surface area contributed by atoms with E-state index in [9.17, 15) is 33.4 Å². The lowest BCUT2D eigenvalue weighted by Gasteiger charge is -2.22. The number of carbonyl (C=O) groups excluding carboxylic acids is 1. The fraction of sp³-hybridized carbons (Fsp3) is 0.500. The summed E-state index contributed by atoms with van der Waals surface area (Å²) in [5.74, 6) is -0.690. The molecule has 1 saturated heterocycles. The van der Waals surface area contributed by atoms with Crippen molar-refractivity contribution in [2.75, 3.05) is 18.9 Å². The van der Waals surface area contributed by atoms with E-state index in [0.29, 0.717) is 5.69 Å². The summed E-state index contributed by atoms with van der Waals surface area (Å²) in [6, 6.07) is 1.77. The molecule has 244 valence electrons. The Morgan fingerprint density at radius 3 is 2.57 bits per heavy atom. The molecule has 9 N–H and O–H groups in total. The third kappa shape index (κ3) is 8.62. The van der Waals surface area contributed by atoms with Gasteiger partial charge in [0.2, 0.25) is 11.9 Å². The van der Waals surface area contributed by atoms with Crippen LogP contribution in [0.2, 0.25) is 0 Å². The van der Waals surface area contributed by atoms with Crippen LogP contribution < -0.4 is 11.1 Å². The molecule has 1 amide bonds. The lowest BCUT2D eigenvalue weighted by molar-refractivity contribution is -0.133. The topological polar surface area (TPSA) is 318 Å². The SMILES string of the molecule is Cc1cc(CNC(=O)COC2[C@@H](O)[C@@H](COP(=O)(O)OP(=O)(O)OP(=O)(O)O)O[C@H]2n2cnc3c(=S)[nH]c(N)nc32)nn1C. The van der Waals surface area contributed by atoms with E-state index >= 15 is 0 Å². The Bertz CT molecular complexity index is 1720. The highest BCUT2D eigenvalue weighted by atomic mass is 32.1. The van der Waals surface area contributed by atoms with Crippen molar-refractivity contribution >= 4 is 58.7 Å². The van der Waals surface area contributed by atoms with E-state index in [1.807, 2.05) is 6.92 Å². The summed E-state index contributed by atoms with van der Waals surface area (Å²) in [5, 5.41) is 17.8. The molecule has 3 aromatic rings. The van der Waals surface area contributed by atoms with Gasteiger partial charge in [-0.3, -0.25) is 18.6 Å². The van der Waals surface area contributed by atoms with Gasteiger partial charge in [-0.25, -0.2) is 18.7 Å². The van der Waals surface area contributed by atoms with E-state index in [-0.39, 0.29) is 28.3 Å². The number of aromatic nitrogens is 6. The zero-order valence-corrected chi connectivity index (χ0v) is 26.1. The number of ether oxygens (including phenoxy) is 2. The first-order chi connectivity index (χ1) is 20.3. The van der Waals surface area contributed by atoms with E-state index in [4.69, 9.17) is 37.2 Å². The lowest BCUT2D eigenvalue weighted by atomic mass is 10.1. The van der Waals surface area contributed by atoms with Gasteiger partial charge in [-0.2, -0.15) is 18.7 Å². The molecule has 0 radical (unpaired) electrons. The predicted octanol–water partition coefficient (Wildman–Crippen LogP) is -0.584. The second-order valence-corrected chi connectivity index (χ2v) is 14.0. The van der Waals surface area contributed by atoms with Gasteiger partial charge in [-0.05, 0) is 13.0 Å². The monoisotopic (exact) mass is 704 g/mol. The Labute approximate surface area is 251 Å². The molecular weight excluding hydrogens is 677 g/mol. The minimum absolute atomic E-state index is 0.0766. The number of anilines is 1. The number of aliphatic hydroxyl groups excluding tert-OH is 1. The quantitative estimate of drug-likeness (QED) is 0.0814. The molecule has 0 aromatic carbocycles. The van der Waals surface area contributed by atoms with E-state index < -0.39 is 67.1 Å². The van der Waals surface area contributed by atoms with Crippen molar-refractivity contribution in [3.8, 4) is 0 Å². The number of fused-ring (bicyclic) bond motifs is 1. The number of nitrogens with one attached hydrogen (secondary N) is 2. The number of nitrogens with two attached hydrogens (primary N) is 1. The number of nitrogens with zero attached hydrogens (tertiary/aromatic N) is 5. The zero-order valence-electron chi connectivity index (χ0n) is 22.6. The van der Waals surface area contributed by atoms with Crippen molar-refractivity contribution in [2.45, 2.75) is 38.0 Å². The standard InChI is InChI=1S/C18H27N8O14P3S/c1-8-3-9(24-25(8)2)4-20-11(27)6-36-14-13(28)10(5-37-42(32,33)40-43(34,35)39-41(29,30)31)38-17(14)26-7-21-12-15(26)22-18(19)23-16(12)44/h3,7,10,13-14,17,28H,4-6H2,1-2H3,(H,20,27)(H,32,33)(H,34,35)(H2,29,30,31)(H3,19,22,23,44)/t10-,13+,14?,17-/m1/s1. The van der Waals surface area contributed by atoms with Gasteiger partial charge in [0, 0.05) is 12.7 Å². The molecule has 0 spiro atoms. The first-order valence-electron chi connectivity index (χ1n) is 12.1. The number of amides is 1. The third-order valence-electron chi connectivity index (χ3n) is 5.89. The molecule has 0 bridgehead atoms. The Hall–Kier alpha value is -2.46. The van der Waals surface area contributed by atoms with E-state index in [0.717, 1.165) is 5.69 Å². The van der Waals surface area contributed by atoms with Gasteiger partial charge in [0.05, 0.1) is 25.2 Å². The van der Waals surface area contributed by atoms with Gasteiger partial charge in [-0.1, -0.05) is 12.2 Å². The highest BCUT2D eigenvalue weighted by Gasteiger charge is 2.48. The summed E-state index contributed by atoms with van der Waals surface area (Å²) in [6.07, 6.45) is -4.69. The Balaban J connectivity index is 1.50. The number of hydrogen-bond acceptors (Lipinski definition) is 15. The van der Waals surface area contributed by atoms with Crippen LogP contribution in [0, 0.1) is 11.6 Å². The first kappa shape index (κ1) is 34.4. The molecule has 1 fully saturated rings. The third-order valence-corrected chi connectivity index (χ3v) is 9.99.